The van der Waals surface area contributed by atoms with Crippen molar-refractivity contribution in [2.24, 2.45) is 5.92 Å². The van der Waals surface area contributed by atoms with E-state index in [1.54, 1.807) is 9.80 Å². The number of hydrogen-bond donors (Lipinski definition) is 1. The van der Waals surface area contributed by atoms with Crippen LogP contribution in [0.5, 0.6) is 0 Å². The number of nitrogens with one attached hydrogen (secondary N) is 1. The number of nitrogens with zero attached hydrogens (tertiary/aromatic N) is 6. The van der Waals surface area contributed by atoms with Crippen molar-refractivity contribution >= 4 is 18.1 Å². The zero-order valence-corrected chi connectivity index (χ0v) is 19.6. The van der Waals surface area contributed by atoms with Gasteiger partial charge in [0.15, 0.2) is 0 Å². The molecule has 4 rings (SSSR count). The van der Waals surface area contributed by atoms with Gasteiger partial charge >= 0.3 is 12.4 Å². The molecule has 15 heteroatoms. The normalized spacial score (nSPS) is 20.3. The van der Waals surface area contributed by atoms with E-state index < -0.39 is 29.0 Å². The second-order valence-electron chi connectivity index (χ2n) is 9.15. The molecule has 0 bridgehead atoms. The highest BCUT2D eigenvalue weighted by Crippen LogP contribution is 2.32. The van der Waals surface area contributed by atoms with Crippen LogP contribution in [0.1, 0.15) is 30.4 Å². The molecule has 0 spiro atoms. The Morgan fingerprint density at radius 2 is 1.70 bits per heavy atom. The van der Waals surface area contributed by atoms with Gasteiger partial charge in [0.25, 0.3) is 5.56 Å². The first-order valence-corrected chi connectivity index (χ1v) is 11.7. The summed E-state index contributed by atoms with van der Waals surface area (Å²) in [5, 5.41) is 5.72. The number of aldehydes is 1. The molecule has 202 valence electrons. The van der Waals surface area contributed by atoms with Gasteiger partial charge in [-0.05, 0) is 19.3 Å². The van der Waals surface area contributed by atoms with Gasteiger partial charge in [0, 0.05) is 69.7 Å². The number of aromatic amines is 1. The van der Waals surface area contributed by atoms with E-state index in [1.807, 2.05) is 5.10 Å². The predicted molar refractivity (Wildman–Crippen MR) is 120 cm³/mol. The Morgan fingerprint density at radius 3 is 2.30 bits per heavy atom. The number of hydrogen-bond acceptors (Lipinski definition) is 8. The molecule has 9 nitrogen and oxygen atoms in total. The molecule has 0 amide bonds. The third-order valence-electron chi connectivity index (χ3n) is 6.65. The van der Waals surface area contributed by atoms with Crippen molar-refractivity contribution in [2.45, 2.75) is 37.7 Å². The molecule has 2 fully saturated rings. The van der Waals surface area contributed by atoms with Gasteiger partial charge in [0.2, 0.25) is 5.95 Å². The van der Waals surface area contributed by atoms with E-state index in [2.05, 4.69) is 20.0 Å². The van der Waals surface area contributed by atoms with E-state index in [1.165, 1.54) is 0 Å². The molecule has 1 N–H and O–H groups in total. The van der Waals surface area contributed by atoms with E-state index in [4.69, 9.17) is 0 Å². The number of carbonyl (C=O) groups excluding carboxylic acids is 1. The number of alkyl halides is 6. The smallest absolute Gasteiger partial charge is 0.352 e. The highest BCUT2D eigenvalue weighted by molar-refractivity contribution is 5.54. The van der Waals surface area contributed by atoms with Gasteiger partial charge in [-0.1, -0.05) is 0 Å². The van der Waals surface area contributed by atoms with Crippen molar-refractivity contribution in [1.82, 2.24) is 25.1 Å². The summed E-state index contributed by atoms with van der Waals surface area (Å²) in [7, 11) is 0. The third-order valence-corrected chi connectivity index (χ3v) is 6.65. The molecule has 2 aliphatic rings. The van der Waals surface area contributed by atoms with E-state index >= 15 is 0 Å². The van der Waals surface area contributed by atoms with Crippen LogP contribution >= 0.6 is 0 Å². The molecule has 0 aliphatic carbocycles. The van der Waals surface area contributed by atoms with E-state index in [9.17, 15) is 35.9 Å². The molecule has 2 aromatic heterocycles. The Morgan fingerprint density at radius 1 is 1.03 bits per heavy atom. The van der Waals surface area contributed by atoms with Crippen molar-refractivity contribution in [1.29, 1.82) is 0 Å². The molecule has 2 aliphatic heterocycles. The molecule has 2 atom stereocenters. The minimum absolute atomic E-state index is 0.0178. The Bertz CT molecular complexity index is 1130. The van der Waals surface area contributed by atoms with Crippen LogP contribution in [-0.2, 0) is 17.1 Å². The molecular weight excluding hydrogens is 508 g/mol. The number of rotatable bonds is 7. The van der Waals surface area contributed by atoms with Crippen LogP contribution < -0.4 is 15.4 Å². The molecule has 1 unspecified atom stereocenters. The van der Waals surface area contributed by atoms with E-state index in [0.717, 1.165) is 24.7 Å². The number of H-pyrrole nitrogens is 1. The summed E-state index contributed by atoms with van der Waals surface area (Å²) in [6.07, 6.45) is -5.19. The van der Waals surface area contributed by atoms with Crippen LogP contribution in [-0.4, -0.2) is 76.7 Å². The zero-order chi connectivity index (χ0) is 26.8. The number of piperazine rings is 1. The lowest BCUT2D eigenvalue weighted by atomic mass is 9.98. The van der Waals surface area contributed by atoms with Crippen molar-refractivity contribution in [3.8, 4) is 0 Å². The maximum atomic E-state index is 13.2. The largest absolute Gasteiger partial charge is 0.421 e. The van der Waals surface area contributed by atoms with Crippen LogP contribution in [0.4, 0.5) is 38.1 Å². The fraction of sp³-hybridized carbons (Fsp3) is 0.591. The van der Waals surface area contributed by atoms with Gasteiger partial charge in [-0.25, -0.2) is 15.1 Å². The van der Waals surface area contributed by atoms with Gasteiger partial charge in [-0.2, -0.15) is 31.4 Å². The lowest BCUT2D eigenvalue weighted by Crippen LogP contribution is -2.49. The lowest BCUT2D eigenvalue weighted by Gasteiger charge is -2.36. The maximum absolute atomic E-state index is 13.2. The molecule has 0 aromatic carbocycles. The molecular formula is C22H25F6N7O2. The summed E-state index contributed by atoms with van der Waals surface area (Å²) in [4.78, 5) is 36.6. The minimum Gasteiger partial charge on any atom is -0.352 e. The number of halogens is 6. The van der Waals surface area contributed by atoms with Crippen LogP contribution in [0.3, 0.4) is 0 Å². The van der Waals surface area contributed by atoms with Gasteiger partial charge in [-0.15, -0.1) is 0 Å². The Kier molecular flexibility index (Phi) is 7.71. The van der Waals surface area contributed by atoms with E-state index in [-0.39, 0.29) is 23.7 Å². The summed E-state index contributed by atoms with van der Waals surface area (Å²) >= 11 is 0. The zero-order valence-electron chi connectivity index (χ0n) is 19.6. The summed E-state index contributed by atoms with van der Waals surface area (Å²) in [6.45, 7) is 2.90. The van der Waals surface area contributed by atoms with Crippen LogP contribution in [0.25, 0.3) is 0 Å². The molecule has 0 radical (unpaired) electrons. The Labute approximate surface area is 207 Å². The monoisotopic (exact) mass is 533 g/mol. The average Bonchev–Trinajstić information content (AvgIpc) is 3.31. The molecule has 0 saturated carbocycles. The van der Waals surface area contributed by atoms with Gasteiger partial charge < -0.3 is 14.6 Å². The standard InChI is InChI=1S/C22H25F6N7O2/c23-21(24,25)15-10-29-20(30-11-15)34-6-4-33(5-7-34)12-14(13-36)8-16-2-1-3-35(16)18-9-17(22(26,27)28)19(37)32-31-18/h9-11,13-14,16H,1-8,12H2,(H,32,37)/t14?,16-/m0/s1. The first-order valence-electron chi connectivity index (χ1n) is 11.7. The second kappa shape index (κ2) is 10.6. The SMILES string of the molecule is O=CC(C[C@@H]1CCCN1c1cc(C(F)(F)F)c(=O)[nH]n1)CN1CCN(c2ncc(C(F)(F)F)cn2)CC1. The molecule has 37 heavy (non-hydrogen) atoms. The fourth-order valence-electron chi connectivity index (χ4n) is 4.75. The van der Waals surface area contributed by atoms with Crippen molar-refractivity contribution in [3.63, 3.8) is 0 Å². The highest BCUT2D eigenvalue weighted by Gasteiger charge is 2.37. The van der Waals surface area contributed by atoms with Crippen molar-refractivity contribution < 1.29 is 31.1 Å². The predicted octanol–water partition coefficient (Wildman–Crippen LogP) is 2.59. The second-order valence-corrected chi connectivity index (χ2v) is 9.15. The Balaban J connectivity index is 1.34. The van der Waals surface area contributed by atoms with Gasteiger partial charge in [0.1, 0.15) is 17.7 Å². The summed E-state index contributed by atoms with van der Waals surface area (Å²) in [6, 6.07) is 0.534. The Hall–Kier alpha value is -3.23. The third kappa shape index (κ3) is 6.37. The molecule has 4 heterocycles. The maximum Gasteiger partial charge on any atom is 0.421 e. The fourth-order valence-corrected chi connectivity index (χ4v) is 4.75. The minimum atomic E-state index is -4.81. The highest BCUT2D eigenvalue weighted by atomic mass is 19.4. The first kappa shape index (κ1) is 26.8. The van der Waals surface area contributed by atoms with Gasteiger partial charge in [0.05, 0.1) is 5.56 Å². The van der Waals surface area contributed by atoms with Crippen molar-refractivity contribution in [3.05, 3.63) is 39.9 Å². The van der Waals surface area contributed by atoms with Crippen LogP contribution in [0, 0.1) is 5.92 Å². The van der Waals surface area contributed by atoms with Crippen LogP contribution in [0.15, 0.2) is 23.3 Å². The quantitative estimate of drug-likeness (QED) is 0.429. The van der Waals surface area contributed by atoms with Crippen LogP contribution in [0.2, 0.25) is 0 Å². The summed E-state index contributed by atoms with van der Waals surface area (Å²) in [5.41, 5.74) is -3.54. The summed E-state index contributed by atoms with van der Waals surface area (Å²) < 4.78 is 77.7. The first-order chi connectivity index (χ1) is 17.5. The van der Waals surface area contributed by atoms with Gasteiger partial charge in [-0.3, -0.25) is 9.69 Å². The molecule has 2 saturated heterocycles. The van der Waals surface area contributed by atoms with E-state index in [0.29, 0.717) is 58.5 Å². The number of anilines is 2. The topological polar surface area (TPSA) is 98.3 Å². The summed E-state index contributed by atoms with van der Waals surface area (Å²) in [5.74, 6) is -0.165. The lowest BCUT2D eigenvalue weighted by molar-refractivity contribution is -0.139. The number of aromatic nitrogens is 4. The average molecular weight is 533 g/mol. The van der Waals surface area contributed by atoms with Crippen molar-refractivity contribution in [2.75, 3.05) is 49.1 Å². The number of carbonyl (C=O) groups is 1. The molecule has 2 aromatic rings.